The van der Waals surface area contributed by atoms with Crippen molar-refractivity contribution >= 4 is 0 Å². The maximum Gasteiger partial charge on any atom is 0.214 e. The highest BCUT2D eigenvalue weighted by molar-refractivity contribution is 5.35. The minimum Gasteiger partial charge on any atom is -0.497 e. The summed E-state index contributed by atoms with van der Waals surface area (Å²) >= 11 is 0. The van der Waals surface area contributed by atoms with Crippen molar-refractivity contribution in [3.05, 3.63) is 53.2 Å². The molecule has 0 aliphatic heterocycles. The molecular weight excluding hydrogens is 214 g/mol. The lowest BCUT2D eigenvalue weighted by Gasteiger charge is -2.06. The zero-order valence-corrected chi connectivity index (χ0v) is 9.97. The van der Waals surface area contributed by atoms with Crippen LogP contribution in [0.3, 0.4) is 0 Å². The van der Waals surface area contributed by atoms with Gasteiger partial charge in [0.15, 0.2) is 0 Å². The monoisotopic (exact) mass is 229 g/mol. The molecule has 0 saturated heterocycles. The van der Waals surface area contributed by atoms with E-state index in [0.29, 0.717) is 6.42 Å². The fourth-order valence-electron chi connectivity index (χ4n) is 1.67. The second kappa shape index (κ2) is 4.87. The van der Waals surface area contributed by atoms with Crippen molar-refractivity contribution in [3.8, 4) is 11.6 Å². The van der Waals surface area contributed by atoms with E-state index in [0.717, 1.165) is 22.6 Å². The number of pyridine rings is 1. The molecule has 0 aliphatic rings. The third kappa shape index (κ3) is 2.75. The maximum atomic E-state index is 9.72. The van der Waals surface area contributed by atoms with E-state index in [1.807, 2.05) is 43.3 Å². The van der Waals surface area contributed by atoms with Gasteiger partial charge in [-0.15, -0.1) is 0 Å². The van der Waals surface area contributed by atoms with Gasteiger partial charge in [-0.1, -0.05) is 18.2 Å². The van der Waals surface area contributed by atoms with Gasteiger partial charge in [-0.2, -0.15) is 0 Å². The molecule has 2 aromatic rings. The first-order valence-electron chi connectivity index (χ1n) is 5.47. The van der Waals surface area contributed by atoms with Gasteiger partial charge in [0.2, 0.25) is 5.88 Å². The Morgan fingerprint density at radius 2 is 1.82 bits per heavy atom. The maximum absolute atomic E-state index is 9.72. The van der Waals surface area contributed by atoms with Crippen LogP contribution in [0.2, 0.25) is 0 Å². The quantitative estimate of drug-likeness (QED) is 0.879. The van der Waals surface area contributed by atoms with Gasteiger partial charge in [-0.25, -0.2) is 4.98 Å². The van der Waals surface area contributed by atoms with Crippen molar-refractivity contribution in [1.82, 2.24) is 4.98 Å². The van der Waals surface area contributed by atoms with Gasteiger partial charge >= 0.3 is 0 Å². The first kappa shape index (κ1) is 11.5. The van der Waals surface area contributed by atoms with Gasteiger partial charge in [0.05, 0.1) is 7.11 Å². The van der Waals surface area contributed by atoms with E-state index in [1.54, 1.807) is 7.11 Å². The van der Waals surface area contributed by atoms with Gasteiger partial charge in [0.1, 0.15) is 5.75 Å². The number of hydrogen-bond acceptors (Lipinski definition) is 3. The summed E-state index contributed by atoms with van der Waals surface area (Å²) in [6.07, 6.45) is 0.670. The predicted octanol–water partition coefficient (Wildman–Crippen LogP) is 2.70. The average molecular weight is 229 g/mol. The molecule has 1 N–H and O–H groups in total. The van der Waals surface area contributed by atoms with Crippen LogP contribution in [0, 0.1) is 6.92 Å². The number of aryl methyl sites for hydroxylation is 1. The van der Waals surface area contributed by atoms with E-state index in [2.05, 4.69) is 4.98 Å². The number of ether oxygens (including phenoxy) is 1. The summed E-state index contributed by atoms with van der Waals surface area (Å²) in [5.74, 6) is 0.945. The molecule has 88 valence electrons. The summed E-state index contributed by atoms with van der Waals surface area (Å²) in [6, 6.07) is 11.6. The van der Waals surface area contributed by atoms with Crippen molar-refractivity contribution in [2.45, 2.75) is 13.3 Å². The number of aromatic nitrogens is 1. The Bertz CT molecular complexity index is 506. The number of hydrogen-bond donors (Lipinski definition) is 1. The lowest BCUT2D eigenvalue weighted by atomic mass is 10.1. The third-order valence-corrected chi connectivity index (χ3v) is 2.65. The molecule has 0 bridgehead atoms. The highest BCUT2D eigenvalue weighted by atomic mass is 16.5. The molecule has 1 heterocycles. The van der Waals surface area contributed by atoms with Crippen LogP contribution in [0.1, 0.15) is 16.8 Å². The smallest absolute Gasteiger partial charge is 0.214 e. The second-order valence-electron chi connectivity index (χ2n) is 3.96. The van der Waals surface area contributed by atoms with Crippen LogP contribution in [-0.4, -0.2) is 17.2 Å². The van der Waals surface area contributed by atoms with Crippen molar-refractivity contribution in [3.63, 3.8) is 0 Å². The van der Waals surface area contributed by atoms with Gasteiger partial charge in [-0.05, 0) is 30.7 Å². The Kier molecular flexibility index (Phi) is 3.28. The van der Waals surface area contributed by atoms with E-state index in [1.165, 1.54) is 0 Å². The van der Waals surface area contributed by atoms with Gasteiger partial charge in [0, 0.05) is 17.7 Å². The molecule has 1 aromatic carbocycles. The Morgan fingerprint density at radius 1 is 1.12 bits per heavy atom. The summed E-state index contributed by atoms with van der Waals surface area (Å²) in [5, 5.41) is 9.72. The van der Waals surface area contributed by atoms with Crippen LogP contribution >= 0.6 is 0 Å². The van der Waals surface area contributed by atoms with Crippen LogP contribution in [0.5, 0.6) is 11.6 Å². The summed E-state index contributed by atoms with van der Waals surface area (Å²) in [6.45, 7) is 1.86. The first-order chi connectivity index (χ1) is 8.19. The summed E-state index contributed by atoms with van der Waals surface area (Å²) in [7, 11) is 1.64. The van der Waals surface area contributed by atoms with E-state index in [4.69, 9.17) is 4.74 Å². The molecule has 0 radical (unpaired) electrons. The molecule has 0 aliphatic carbocycles. The van der Waals surface area contributed by atoms with Gasteiger partial charge < -0.3 is 9.84 Å². The average Bonchev–Trinajstić information content (AvgIpc) is 2.34. The first-order valence-corrected chi connectivity index (χ1v) is 5.47. The summed E-state index contributed by atoms with van der Waals surface area (Å²) in [4.78, 5) is 4.03. The van der Waals surface area contributed by atoms with E-state index in [9.17, 15) is 5.11 Å². The van der Waals surface area contributed by atoms with E-state index < -0.39 is 0 Å². The molecule has 0 saturated carbocycles. The van der Waals surface area contributed by atoms with Crippen molar-refractivity contribution < 1.29 is 9.84 Å². The Morgan fingerprint density at radius 3 is 2.41 bits per heavy atom. The lowest BCUT2D eigenvalue weighted by molar-refractivity contribution is 0.414. The SMILES string of the molecule is COc1ccc(Cc2ccc(C)nc2O)cc1. The van der Waals surface area contributed by atoms with Crippen molar-refractivity contribution in [1.29, 1.82) is 0 Å². The minimum absolute atomic E-state index is 0.112. The predicted molar refractivity (Wildman–Crippen MR) is 66.4 cm³/mol. The molecular formula is C14H15NO2. The molecule has 1 aromatic heterocycles. The van der Waals surface area contributed by atoms with Crippen LogP contribution in [-0.2, 0) is 6.42 Å². The summed E-state index contributed by atoms with van der Waals surface area (Å²) < 4.78 is 5.10. The molecule has 0 spiro atoms. The lowest BCUT2D eigenvalue weighted by Crippen LogP contribution is -1.92. The van der Waals surface area contributed by atoms with Crippen molar-refractivity contribution in [2.24, 2.45) is 0 Å². The highest BCUT2D eigenvalue weighted by Crippen LogP contribution is 2.20. The zero-order chi connectivity index (χ0) is 12.3. The molecule has 0 fully saturated rings. The highest BCUT2D eigenvalue weighted by Gasteiger charge is 2.04. The molecule has 3 heteroatoms. The molecule has 0 amide bonds. The number of benzene rings is 1. The molecule has 17 heavy (non-hydrogen) atoms. The Balaban J connectivity index is 2.19. The second-order valence-corrected chi connectivity index (χ2v) is 3.96. The van der Waals surface area contributed by atoms with Crippen LogP contribution < -0.4 is 4.74 Å². The largest absolute Gasteiger partial charge is 0.497 e. The number of methoxy groups -OCH3 is 1. The fraction of sp³-hybridized carbons (Fsp3) is 0.214. The van der Waals surface area contributed by atoms with E-state index >= 15 is 0 Å². The number of nitrogens with zero attached hydrogens (tertiary/aromatic N) is 1. The zero-order valence-electron chi connectivity index (χ0n) is 9.97. The van der Waals surface area contributed by atoms with Crippen molar-refractivity contribution in [2.75, 3.05) is 7.11 Å². The molecule has 0 atom stereocenters. The van der Waals surface area contributed by atoms with Crippen LogP contribution in [0.15, 0.2) is 36.4 Å². The topological polar surface area (TPSA) is 42.4 Å². The van der Waals surface area contributed by atoms with Gasteiger partial charge in [-0.3, -0.25) is 0 Å². The van der Waals surface area contributed by atoms with Gasteiger partial charge in [0.25, 0.3) is 0 Å². The molecule has 0 unspecified atom stereocenters. The number of rotatable bonds is 3. The molecule has 2 rings (SSSR count). The minimum atomic E-state index is 0.112. The molecule has 3 nitrogen and oxygen atoms in total. The summed E-state index contributed by atoms with van der Waals surface area (Å²) in [5.41, 5.74) is 2.77. The number of aromatic hydroxyl groups is 1. The van der Waals surface area contributed by atoms with E-state index in [-0.39, 0.29) is 5.88 Å². The Labute approximate surface area is 101 Å². The van der Waals surface area contributed by atoms with Crippen LogP contribution in [0.4, 0.5) is 0 Å². The Hall–Kier alpha value is -2.03. The fourth-order valence-corrected chi connectivity index (χ4v) is 1.67. The normalized spacial score (nSPS) is 10.2. The standard InChI is InChI=1S/C14H15NO2/c1-10-3-6-12(14(16)15-10)9-11-4-7-13(17-2)8-5-11/h3-8H,9H2,1-2H3,(H,15,16). The van der Waals surface area contributed by atoms with Crippen LogP contribution in [0.25, 0.3) is 0 Å². The third-order valence-electron chi connectivity index (χ3n) is 2.65.